The van der Waals surface area contributed by atoms with Crippen molar-refractivity contribution in [1.82, 2.24) is 4.90 Å². The Morgan fingerprint density at radius 3 is 3.00 bits per heavy atom. The van der Waals surface area contributed by atoms with E-state index in [0.717, 1.165) is 43.6 Å². The quantitative estimate of drug-likeness (QED) is 0.673. The number of benzene rings is 1. The number of hydrogen-bond acceptors (Lipinski definition) is 2. The lowest BCUT2D eigenvalue weighted by molar-refractivity contribution is 0.0693. The van der Waals surface area contributed by atoms with Crippen LogP contribution in [0.25, 0.3) is 0 Å². The maximum absolute atomic E-state index is 12.6. The van der Waals surface area contributed by atoms with Crippen molar-refractivity contribution in [3.8, 4) is 0 Å². The Bertz CT molecular complexity index is 462. The number of para-hydroxylation sites is 1. The van der Waals surface area contributed by atoms with Gasteiger partial charge in [-0.25, -0.2) is 0 Å². The standard InChI is InChI=1S/C13H17BN2O/c14-13-6-3-9-16(13)12(17)10-4-1-2-5-11(10)15-8-7-13/h1-2,4-5,15H,3,6-9,14H2. The predicted octanol–water partition coefficient (Wildman–Crippen LogP) is 1.07. The van der Waals surface area contributed by atoms with E-state index < -0.39 is 0 Å². The first kappa shape index (κ1) is 10.7. The minimum atomic E-state index is 0.0532. The van der Waals surface area contributed by atoms with Crippen LogP contribution in [-0.4, -0.2) is 37.2 Å². The van der Waals surface area contributed by atoms with Crippen LogP contribution in [0.4, 0.5) is 5.69 Å². The van der Waals surface area contributed by atoms with Gasteiger partial charge in [-0.3, -0.25) is 4.79 Å². The lowest BCUT2D eigenvalue weighted by atomic mass is 9.72. The summed E-state index contributed by atoms with van der Waals surface area (Å²) in [6, 6.07) is 7.83. The van der Waals surface area contributed by atoms with Gasteiger partial charge in [0.25, 0.3) is 5.91 Å². The summed E-state index contributed by atoms with van der Waals surface area (Å²) in [6.45, 7) is 1.85. The second kappa shape index (κ2) is 3.79. The highest BCUT2D eigenvalue weighted by molar-refractivity contribution is 6.18. The van der Waals surface area contributed by atoms with Gasteiger partial charge in [-0.1, -0.05) is 12.1 Å². The van der Waals surface area contributed by atoms with Crippen LogP contribution >= 0.6 is 0 Å². The summed E-state index contributed by atoms with van der Waals surface area (Å²) >= 11 is 0. The predicted molar refractivity (Wildman–Crippen MR) is 71.1 cm³/mol. The summed E-state index contributed by atoms with van der Waals surface area (Å²) in [5.74, 6) is 0.188. The Kier molecular flexibility index (Phi) is 2.39. The van der Waals surface area contributed by atoms with Crippen molar-refractivity contribution in [1.29, 1.82) is 0 Å². The fraction of sp³-hybridized carbons (Fsp3) is 0.462. The topological polar surface area (TPSA) is 32.3 Å². The normalized spacial score (nSPS) is 27.8. The van der Waals surface area contributed by atoms with Gasteiger partial charge >= 0.3 is 0 Å². The number of amides is 1. The first-order chi connectivity index (χ1) is 8.21. The molecule has 0 spiro atoms. The molecule has 3 nitrogen and oxygen atoms in total. The second-order valence-electron chi connectivity index (χ2n) is 5.28. The number of rotatable bonds is 0. The van der Waals surface area contributed by atoms with Crippen molar-refractivity contribution in [2.24, 2.45) is 0 Å². The number of hydrogen-bond donors (Lipinski definition) is 1. The van der Waals surface area contributed by atoms with Crippen molar-refractivity contribution in [3.63, 3.8) is 0 Å². The van der Waals surface area contributed by atoms with E-state index in [2.05, 4.69) is 18.1 Å². The van der Waals surface area contributed by atoms with Crippen LogP contribution < -0.4 is 5.32 Å². The average molecular weight is 228 g/mol. The Balaban J connectivity index is 2.05. The summed E-state index contributed by atoms with van der Waals surface area (Å²) in [6.07, 6.45) is 3.29. The molecule has 1 atom stereocenters. The number of carbonyl (C=O) groups excluding carboxylic acids is 1. The van der Waals surface area contributed by atoms with E-state index in [0.29, 0.717) is 0 Å². The summed E-state index contributed by atoms with van der Waals surface area (Å²) in [4.78, 5) is 14.6. The Hall–Kier alpha value is -1.45. The third-order valence-electron chi connectivity index (χ3n) is 4.13. The van der Waals surface area contributed by atoms with E-state index in [9.17, 15) is 4.79 Å². The molecule has 0 saturated carbocycles. The molecule has 1 fully saturated rings. The zero-order chi connectivity index (χ0) is 11.9. The van der Waals surface area contributed by atoms with Crippen LogP contribution in [0.2, 0.25) is 0 Å². The van der Waals surface area contributed by atoms with Gasteiger partial charge in [0.1, 0.15) is 7.85 Å². The molecule has 0 aliphatic carbocycles. The van der Waals surface area contributed by atoms with Gasteiger partial charge in [0.15, 0.2) is 0 Å². The van der Waals surface area contributed by atoms with Crippen LogP contribution in [0.3, 0.4) is 0 Å². The molecule has 17 heavy (non-hydrogen) atoms. The van der Waals surface area contributed by atoms with E-state index in [1.807, 2.05) is 24.3 Å². The number of nitrogens with one attached hydrogen (secondary N) is 1. The van der Waals surface area contributed by atoms with E-state index in [1.165, 1.54) is 0 Å². The molecular weight excluding hydrogens is 211 g/mol. The number of fused-ring (bicyclic) bond motifs is 2. The molecule has 2 heterocycles. The molecule has 0 radical (unpaired) electrons. The fourth-order valence-corrected chi connectivity index (χ4v) is 3.07. The van der Waals surface area contributed by atoms with Gasteiger partial charge in [-0.2, -0.15) is 0 Å². The summed E-state index contributed by atoms with van der Waals surface area (Å²) < 4.78 is 0. The van der Waals surface area contributed by atoms with Crippen molar-refractivity contribution in [2.75, 3.05) is 18.4 Å². The highest BCUT2D eigenvalue weighted by atomic mass is 16.2. The third-order valence-corrected chi connectivity index (χ3v) is 4.13. The molecule has 1 aromatic rings. The highest BCUT2D eigenvalue weighted by Gasteiger charge is 2.40. The van der Waals surface area contributed by atoms with Crippen LogP contribution in [0.5, 0.6) is 0 Å². The zero-order valence-electron chi connectivity index (χ0n) is 10.2. The van der Waals surface area contributed by atoms with Crippen molar-refractivity contribution in [2.45, 2.75) is 24.7 Å². The number of nitrogens with zero attached hydrogens (tertiary/aromatic N) is 1. The number of carbonyl (C=O) groups is 1. The van der Waals surface area contributed by atoms with Crippen molar-refractivity contribution < 1.29 is 4.79 Å². The summed E-state index contributed by atoms with van der Waals surface area (Å²) in [5, 5.41) is 3.39. The lowest BCUT2D eigenvalue weighted by Gasteiger charge is -2.38. The van der Waals surface area contributed by atoms with Gasteiger partial charge in [0.05, 0.1) is 5.56 Å². The number of anilines is 1. The van der Waals surface area contributed by atoms with Crippen LogP contribution in [-0.2, 0) is 0 Å². The Labute approximate surface area is 103 Å². The molecule has 1 unspecified atom stereocenters. The molecular formula is C13H17BN2O. The second-order valence-corrected chi connectivity index (χ2v) is 5.28. The summed E-state index contributed by atoms with van der Waals surface area (Å²) in [5.41, 5.74) is 1.85. The largest absolute Gasteiger partial charge is 0.384 e. The van der Waals surface area contributed by atoms with Crippen LogP contribution in [0.1, 0.15) is 29.6 Å². The monoisotopic (exact) mass is 228 g/mol. The molecule has 1 amide bonds. The molecule has 2 aliphatic rings. The van der Waals surface area contributed by atoms with Gasteiger partial charge in [0, 0.05) is 24.2 Å². The molecule has 0 aromatic heterocycles. The van der Waals surface area contributed by atoms with Crippen molar-refractivity contribution >= 4 is 19.4 Å². The van der Waals surface area contributed by atoms with Gasteiger partial charge < -0.3 is 10.2 Å². The maximum Gasteiger partial charge on any atom is 0.255 e. The van der Waals surface area contributed by atoms with Gasteiger partial charge in [0.2, 0.25) is 0 Å². The smallest absolute Gasteiger partial charge is 0.255 e. The van der Waals surface area contributed by atoms with E-state index in [1.54, 1.807) is 0 Å². The minimum absolute atomic E-state index is 0.0532. The zero-order valence-corrected chi connectivity index (χ0v) is 10.2. The molecule has 1 saturated heterocycles. The Morgan fingerprint density at radius 2 is 2.12 bits per heavy atom. The first-order valence-corrected chi connectivity index (χ1v) is 6.36. The Morgan fingerprint density at radius 1 is 1.29 bits per heavy atom. The van der Waals surface area contributed by atoms with E-state index >= 15 is 0 Å². The maximum atomic E-state index is 12.6. The van der Waals surface area contributed by atoms with E-state index in [-0.39, 0.29) is 11.3 Å². The molecule has 1 N–H and O–H groups in total. The SMILES string of the molecule is BC12CCCN1C(=O)c1ccccc1NCC2. The van der Waals surface area contributed by atoms with Gasteiger partial charge in [-0.05, 0) is 31.4 Å². The molecule has 4 heteroatoms. The van der Waals surface area contributed by atoms with Crippen LogP contribution in [0, 0.1) is 0 Å². The molecule has 1 aromatic carbocycles. The highest BCUT2D eigenvalue weighted by Crippen LogP contribution is 2.34. The summed E-state index contributed by atoms with van der Waals surface area (Å²) in [7, 11) is 2.22. The van der Waals surface area contributed by atoms with Crippen LogP contribution in [0.15, 0.2) is 24.3 Å². The van der Waals surface area contributed by atoms with Gasteiger partial charge in [-0.15, -0.1) is 0 Å². The van der Waals surface area contributed by atoms with Crippen molar-refractivity contribution in [3.05, 3.63) is 29.8 Å². The molecule has 88 valence electrons. The fourth-order valence-electron chi connectivity index (χ4n) is 3.07. The first-order valence-electron chi connectivity index (χ1n) is 6.36. The lowest BCUT2D eigenvalue weighted by Crippen LogP contribution is -2.50. The molecule has 0 bridgehead atoms. The van der Waals surface area contributed by atoms with E-state index in [4.69, 9.17) is 0 Å². The third kappa shape index (κ3) is 1.63. The molecule has 3 rings (SSSR count). The average Bonchev–Trinajstić information content (AvgIpc) is 2.69. The minimum Gasteiger partial charge on any atom is -0.384 e. The molecule has 2 aliphatic heterocycles.